The normalized spacial score (nSPS) is 18.2. The van der Waals surface area contributed by atoms with E-state index in [-0.39, 0.29) is 24.2 Å². The molecule has 1 saturated carbocycles. The van der Waals surface area contributed by atoms with E-state index >= 15 is 0 Å². The lowest BCUT2D eigenvalue weighted by Gasteiger charge is -2.19. The molecule has 0 aliphatic heterocycles. The summed E-state index contributed by atoms with van der Waals surface area (Å²) in [5.41, 5.74) is 0.544. The van der Waals surface area contributed by atoms with E-state index in [9.17, 15) is 13.2 Å². The second-order valence-electron chi connectivity index (χ2n) is 7.51. The molecule has 5 nitrogen and oxygen atoms in total. The second-order valence-corrected chi connectivity index (χ2v) is 9.39. The van der Waals surface area contributed by atoms with Crippen molar-refractivity contribution in [3.63, 3.8) is 0 Å². The maximum Gasteiger partial charge on any atom is 0.251 e. The van der Waals surface area contributed by atoms with Gasteiger partial charge in [-0.3, -0.25) is 4.79 Å². The van der Waals surface area contributed by atoms with Gasteiger partial charge in [-0.25, -0.2) is 13.1 Å². The molecular weight excluding hydrogens is 360 g/mol. The van der Waals surface area contributed by atoms with Crippen molar-refractivity contribution in [1.82, 2.24) is 10.0 Å². The van der Waals surface area contributed by atoms with E-state index in [0.717, 1.165) is 25.7 Å². The van der Waals surface area contributed by atoms with E-state index in [1.54, 1.807) is 24.3 Å². The highest BCUT2D eigenvalue weighted by Gasteiger charge is 2.18. The first kappa shape index (κ1) is 21.9. The van der Waals surface area contributed by atoms with E-state index in [1.165, 1.54) is 44.9 Å². The Balaban J connectivity index is 1.77. The van der Waals surface area contributed by atoms with Gasteiger partial charge in [-0.05, 0) is 25.0 Å². The minimum absolute atomic E-state index is 0.0271. The maximum atomic E-state index is 12.4. The number of benzene rings is 1. The summed E-state index contributed by atoms with van der Waals surface area (Å²) in [6.45, 7) is 0.121. The van der Waals surface area contributed by atoms with Crippen LogP contribution in [0.5, 0.6) is 0 Å². The average molecular weight is 395 g/mol. The molecule has 2 N–H and O–H groups in total. The number of rotatable bonds is 6. The summed E-state index contributed by atoms with van der Waals surface area (Å²) in [5, 5.41) is 2.69. The zero-order chi connectivity index (χ0) is 19.4. The average Bonchev–Trinajstić information content (AvgIpc) is 2.64. The topological polar surface area (TPSA) is 75.3 Å². The van der Waals surface area contributed by atoms with Crippen molar-refractivity contribution in [2.75, 3.05) is 12.3 Å². The summed E-state index contributed by atoms with van der Waals surface area (Å²) in [4.78, 5) is 12.0. The molecule has 0 heterocycles. The van der Waals surface area contributed by atoms with Crippen LogP contribution in [0.3, 0.4) is 0 Å². The molecule has 0 saturated heterocycles. The Morgan fingerprint density at radius 3 is 1.93 bits per heavy atom. The van der Waals surface area contributed by atoms with Crippen LogP contribution in [0.2, 0.25) is 0 Å². The Labute approximate surface area is 164 Å². The van der Waals surface area contributed by atoms with Crippen molar-refractivity contribution in [2.24, 2.45) is 0 Å². The quantitative estimate of drug-likeness (QED) is 0.765. The van der Waals surface area contributed by atoms with Gasteiger partial charge in [0, 0.05) is 18.2 Å². The number of carbonyl (C=O) groups is 1. The molecule has 0 unspecified atom stereocenters. The lowest BCUT2D eigenvalue weighted by molar-refractivity contribution is 0.0956. The third-order valence-electron chi connectivity index (χ3n) is 5.14. The third kappa shape index (κ3) is 9.38. The fourth-order valence-electron chi connectivity index (χ4n) is 3.58. The first-order chi connectivity index (χ1) is 13.1. The van der Waals surface area contributed by atoms with Gasteiger partial charge in [0.1, 0.15) is 0 Å². The second kappa shape index (κ2) is 12.1. The van der Waals surface area contributed by atoms with Gasteiger partial charge >= 0.3 is 0 Å². The lowest BCUT2D eigenvalue weighted by Crippen LogP contribution is -2.39. The minimum atomic E-state index is -3.39. The number of nitrogens with one attached hydrogen (secondary N) is 2. The Kier molecular flexibility index (Phi) is 9.84. The van der Waals surface area contributed by atoms with Crippen LogP contribution in [-0.4, -0.2) is 32.7 Å². The van der Waals surface area contributed by atoms with Gasteiger partial charge in [-0.2, -0.15) is 0 Å². The molecule has 1 amide bonds. The predicted molar refractivity (Wildman–Crippen MR) is 110 cm³/mol. The molecular formula is C21H34N2O3S. The molecule has 1 aliphatic carbocycles. The van der Waals surface area contributed by atoms with Crippen molar-refractivity contribution in [3.8, 4) is 0 Å². The third-order valence-corrected chi connectivity index (χ3v) is 6.58. The van der Waals surface area contributed by atoms with Gasteiger partial charge in [0.25, 0.3) is 5.91 Å². The van der Waals surface area contributed by atoms with Crippen LogP contribution in [0.4, 0.5) is 0 Å². The van der Waals surface area contributed by atoms with Gasteiger partial charge < -0.3 is 5.32 Å². The molecule has 0 spiro atoms. The van der Waals surface area contributed by atoms with Crippen LogP contribution in [0.25, 0.3) is 0 Å². The summed E-state index contributed by atoms with van der Waals surface area (Å²) in [7, 11) is -3.39. The zero-order valence-electron chi connectivity index (χ0n) is 16.3. The highest BCUT2D eigenvalue weighted by atomic mass is 32.2. The standard InChI is InChI=1S/C21H34N2O3S/c24-21(19-13-9-8-10-14-19)22-17-18-27(25,26)23-20-15-11-6-4-2-1-3-5-7-12-16-20/h8-10,13-14,20,23H,1-7,11-12,15-18H2,(H,22,24). The fraction of sp³-hybridized carbons (Fsp3) is 0.667. The number of hydrogen-bond donors (Lipinski definition) is 2. The van der Waals surface area contributed by atoms with Crippen molar-refractivity contribution in [3.05, 3.63) is 35.9 Å². The van der Waals surface area contributed by atoms with Crippen LogP contribution in [0.1, 0.15) is 81.0 Å². The van der Waals surface area contributed by atoms with E-state index in [2.05, 4.69) is 10.0 Å². The summed E-state index contributed by atoms with van der Waals surface area (Å²) in [5.74, 6) is -0.320. The Morgan fingerprint density at radius 2 is 1.37 bits per heavy atom. The van der Waals surface area contributed by atoms with Crippen molar-refractivity contribution >= 4 is 15.9 Å². The number of amides is 1. The monoisotopic (exact) mass is 394 g/mol. The van der Waals surface area contributed by atoms with Gasteiger partial charge in [0.15, 0.2) is 0 Å². The molecule has 27 heavy (non-hydrogen) atoms. The molecule has 1 aliphatic rings. The molecule has 152 valence electrons. The first-order valence-electron chi connectivity index (χ1n) is 10.4. The molecule has 1 aromatic carbocycles. The molecule has 1 aromatic rings. The van der Waals surface area contributed by atoms with Crippen LogP contribution < -0.4 is 10.0 Å². The van der Waals surface area contributed by atoms with Crippen LogP contribution >= 0.6 is 0 Å². The summed E-state index contributed by atoms with van der Waals surface area (Å²) < 4.78 is 27.7. The number of sulfonamides is 1. The molecule has 0 radical (unpaired) electrons. The number of carbonyl (C=O) groups excluding carboxylic acids is 1. The molecule has 2 rings (SSSR count). The number of hydrogen-bond acceptors (Lipinski definition) is 3. The van der Waals surface area contributed by atoms with E-state index in [4.69, 9.17) is 0 Å². The summed E-state index contributed by atoms with van der Waals surface area (Å²) in [6.07, 6.45) is 12.8. The summed E-state index contributed by atoms with van der Waals surface area (Å²) >= 11 is 0. The summed E-state index contributed by atoms with van der Waals surface area (Å²) in [6, 6.07) is 8.88. The van der Waals surface area contributed by atoms with E-state index < -0.39 is 10.0 Å². The van der Waals surface area contributed by atoms with Crippen molar-refractivity contribution in [2.45, 2.75) is 76.7 Å². The fourth-order valence-corrected chi connectivity index (χ4v) is 4.82. The first-order valence-corrected chi connectivity index (χ1v) is 12.1. The SMILES string of the molecule is O=C(NCCS(=O)(=O)NC1CCCCCCCCCCC1)c1ccccc1. The van der Waals surface area contributed by atoms with Crippen molar-refractivity contribution < 1.29 is 13.2 Å². The van der Waals surface area contributed by atoms with Gasteiger partial charge in [0.05, 0.1) is 5.75 Å². The van der Waals surface area contributed by atoms with Crippen molar-refractivity contribution in [1.29, 1.82) is 0 Å². The van der Waals surface area contributed by atoms with Gasteiger partial charge in [-0.1, -0.05) is 76.0 Å². The molecule has 6 heteroatoms. The van der Waals surface area contributed by atoms with Crippen LogP contribution in [0, 0.1) is 0 Å². The highest BCUT2D eigenvalue weighted by Crippen LogP contribution is 2.17. The Morgan fingerprint density at radius 1 is 0.852 bits per heavy atom. The minimum Gasteiger partial charge on any atom is -0.351 e. The smallest absolute Gasteiger partial charge is 0.251 e. The van der Waals surface area contributed by atoms with E-state index in [1.807, 2.05) is 6.07 Å². The van der Waals surface area contributed by atoms with Crippen LogP contribution in [0.15, 0.2) is 30.3 Å². The molecule has 1 fully saturated rings. The predicted octanol–water partition coefficient (Wildman–Crippen LogP) is 4.01. The zero-order valence-corrected chi connectivity index (χ0v) is 17.1. The molecule has 0 bridgehead atoms. The maximum absolute atomic E-state index is 12.4. The van der Waals surface area contributed by atoms with Gasteiger partial charge in [0.2, 0.25) is 10.0 Å². The molecule has 0 aromatic heterocycles. The highest BCUT2D eigenvalue weighted by molar-refractivity contribution is 7.89. The van der Waals surface area contributed by atoms with Crippen LogP contribution in [-0.2, 0) is 10.0 Å². The molecule has 0 atom stereocenters. The van der Waals surface area contributed by atoms with E-state index in [0.29, 0.717) is 5.56 Å². The lowest BCUT2D eigenvalue weighted by atomic mass is 9.98. The Bertz CT molecular complexity index is 635. The van der Waals surface area contributed by atoms with Gasteiger partial charge in [-0.15, -0.1) is 0 Å². The largest absolute Gasteiger partial charge is 0.351 e. The Hall–Kier alpha value is -1.40.